The number of hydrogen-bond donors (Lipinski definition) is 2. The van der Waals surface area contributed by atoms with Gasteiger partial charge in [0.2, 0.25) is 11.8 Å². The van der Waals surface area contributed by atoms with E-state index in [0.29, 0.717) is 6.54 Å². The van der Waals surface area contributed by atoms with Gasteiger partial charge in [0, 0.05) is 18.9 Å². The minimum Gasteiger partial charge on any atom is -0.356 e. The minimum absolute atomic E-state index is 0.0831. The first-order chi connectivity index (χ1) is 14.4. The molecular formula is C21H30N4O4S. The van der Waals surface area contributed by atoms with Crippen molar-refractivity contribution in [3.63, 3.8) is 0 Å². The zero-order valence-corrected chi connectivity index (χ0v) is 18.2. The molecule has 2 amide bonds. The highest BCUT2D eigenvalue weighted by molar-refractivity contribution is 7.89. The summed E-state index contributed by atoms with van der Waals surface area (Å²) in [6, 6.07) is 5.28. The number of unbranched alkanes of at least 4 members (excludes halogenated alkanes) is 1. The molecule has 9 heteroatoms. The highest BCUT2D eigenvalue weighted by Crippen LogP contribution is 2.22. The number of amides is 2. The molecule has 0 radical (unpaired) electrons. The lowest BCUT2D eigenvalue weighted by atomic mass is 10.1. The third-order valence-corrected chi connectivity index (χ3v) is 7.25. The molecule has 1 saturated heterocycles. The summed E-state index contributed by atoms with van der Waals surface area (Å²) in [4.78, 5) is 27.2. The summed E-state index contributed by atoms with van der Waals surface area (Å²) < 4.78 is 27.0. The third kappa shape index (κ3) is 5.60. The molecule has 164 valence electrons. The predicted molar refractivity (Wildman–Crippen MR) is 114 cm³/mol. The Morgan fingerprint density at radius 1 is 1.17 bits per heavy atom. The molecule has 0 aliphatic carbocycles. The van der Waals surface area contributed by atoms with Crippen LogP contribution in [0.25, 0.3) is 0 Å². The summed E-state index contributed by atoms with van der Waals surface area (Å²) >= 11 is 0. The molecule has 2 aliphatic heterocycles. The number of sulfonamides is 1. The number of carbonyl (C=O) groups excluding carboxylic acids is 2. The average molecular weight is 435 g/mol. The zero-order chi connectivity index (χ0) is 21.6. The van der Waals surface area contributed by atoms with E-state index in [9.17, 15) is 18.0 Å². The SMILES string of the molecule is Cc1ccc(S(=O)(=O)N2C=CNC(=O)[C@H]2CC(=O)NCCCCN2CCCC2)cc1. The van der Waals surface area contributed by atoms with E-state index >= 15 is 0 Å². The van der Waals surface area contributed by atoms with Crippen molar-refractivity contribution in [3.05, 3.63) is 42.2 Å². The van der Waals surface area contributed by atoms with Crippen LogP contribution in [0.15, 0.2) is 41.6 Å². The molecule has 0 saturated carbocycles. The lowest BCUT2D eigenvalue weighted by molar-refractivity contribution is -0.129. The highest BCUT2D eigenvalue weighted by atomic mass is 32.2. The van der Waals surface area contributed by atoms with Gasteiger partial charge in [0.15, 0.2) is 0 Å². The number of aryl methyl sites for hydroxylation is 1. The Bertz CT molecular complexity index is 877. The molecule has 1 aromatic rings. The molecule has 0 unspecified atom stereocenters. The van der Waals surface area contributed by atoms with E-state index in [0.717, 1.165) is 42.3 Å². The second-order valence-electron chi connectivity index (χ2n) is 7.80. The first kappa shape index (κ1) is 22.3. The van der Waals surface area contributed by atoms with Crippen LogP contribution in [-0.2, 0) is 19.6 Å². The van der Waals surface area contributed by atoms with Crippen LogP contribution in [0.2, 0.25) is 0 Å². The van der Waals surface area contributed by atoms with Crippen LogP contribution in [0.5, 0.6) is 0 Å². The van der Waals surface area contributed by atoms with Crippen LogP contribution in [0.1, 0.15) is 37.7 Å². The van der Waals surface area contributed by atoms with Crippen LogP contribution < -0.4 is 10.6 Å². The van der Waals surface area contributed by atoms with E-state index < -0.39 is 22.0 Å². The maximum absolute atomic E-state index is 13.0. The van der Waals surface area contributed by atoms with Gasteiger partial charge in [-0.25, -0.2) is 8.42 Å². The van der Waals surface area contributed by atoms with Gasteiger partial charge < -0.3 is 15.5 Å². The fourth-order valence-corrected chi connectivity index (χ4v) is 5.16. The van der Waals surface area contributed by atoms with Crippen molar-refractivity contribution in [1.82, 2.24) is 19.8 Å². The molecule has 8 nitrogen and oxygen atoms in total. The number of carbonyl (C=O) groups is 2. The molecule has 0 spiro atoms. The van der Waals surface area contributed by atoms with Gasteiger partial charge in [-0.3, -0.25) is 13.9 Å². The van der Waals surface area contributed by atoms with Crippen molar-refractivity contribution in [2.24, 2.45) is 0 Å². The van der Waals surface area contributed by atoms with Crippen molar-refractivity contribution < 1.29 is 18.0 Å². The smallest absolute Gasteiger partial charge is 0.264 e. The second kappa shape index (κ2) is 10.1. The van der Waals surface area contributed by atoms with E-state index in [1.54, 1.807) is 12.1 Å². The van der Waals surface area contributed by atoms with Gasteiger partial charge in [-0.15, -0.1) is 0 Å². The maximum Gasteiger partial charge on any atom is 0.264 e. The number of nitrogens with one attached hydrogen (secondary N) is 2. The van der Waals surface area contributed by atoms with E-state index in [2.05, 4.69) is 15.5 Å². The van der Waals surface area contributed by atoms with E-state index in [4.69, 9.17) is 0 Å². The second-order valence-corrected chi connectivity index (χ2v) is 9.64. The Hall–Kier alpha value is -2.39. The summed E-state index contributed by atoms with van der Waals surface area (Å²) in [5.41, 5.74) is 0.932. The van der Waals surface area contributed by atoms with Crippen molar-refractivity contribution in [2.75, 3.05) is 26.2 Å². The van der Waals surface area contributed by atoms with E-state index in [-0.39, 0.29) is 17.2 Å². The summed E-state index contributed by atoms with van der Waals surface area (Å²) in [5, 5.41) is 5.31. The molecular weight excluding hydrogens is 404 g/mol. The Morgan fingerprint density at radius 3 is 2.57 bits per heavy atom. The van der Waals surface area contributed by atoms with Gasteiger partial charge in [0.05, 0.1) is 11.3 Å². The summed E-state index contributed by atoms with van der Waals surface area (Å²) in [6.45, 7) is 5.72. The van der Waals surface area contributed by atoms with Crippen LogP contribution in [-0.4, -0.2) is 61.7 Å². The zero-order valence-electron chi connectivity index (χ0n) is 17.3. The maximum atomic E-state index is 13.0. The minimum atomic E-state index is -3.94. The Labute approximate surface area is 178 Å². The molecule has 1 atom stereocenters. The highest BCUT2D eigenvalue weighted by Gasteiger charge is 2.36. The van der Waals surface area contributed by atoms with Crippen molar-refractivity contribution >= 4 is 21.8 Å². The monoisotopic (exact) mass is 434 g/mol. The van der Waals surface area contributed by atoms with Gasteiger partial charge >= 0.3 is 0 Å². The van der Waals surface area contributed by atoms with Gasteiger partial charge in [0.25, 0.3) is 10.0 Å². The Balaban J connectivity index is 1.55. The number of rotatable bonds is 9. The fourth-order valence-electron chi connectivity index (χ4n) is 3.71. The van der Waals surface area contributed by atoms with E-state index in [1.165, 1.54) is 37.4 Å². The Kier molecular flexibility index (Phi) is 7.49. The molecule has 3 rings (SSSR count). The molecule has 2 heterocycles. The van der Waals surface area contributed by atoms with Crippen LogP contribution in [0.3, 0.4) is 0 Å². The molecule has 0 aromatic heterocycles. The quantitative estimate of drug-likeness (QED) is 0.572. The third-order valence-electron chi connectivity index (χ3n) is 5.45. The number of nitrogens with zero attached hydrogens (tertiary/aromatic N) is 2. The number of likely N-dealkylation sites (tertiary alicyclic amines) is 1. The average Bonchev–Trinajstić information content (AvgIpc) is 3.23. The van der Waals surface area contributed by atoms with Crippen LogP contribution >= 0.6 is 0 Å². The normalized spacial score (nSPS) is 19.7. The molecule has 1 aromatic carbocycles. The topological polar surface area (TPSA) is 98.8 Å². The summed E-state index contributed by atoms with van der Waals surface area (Å²) in [5.74, 6) is -0.854. The van der Waals surface area contributed by atoms with Crippen LogP contribution in [0.4, 0.5) is 0 Å². The molecule has 2 N–H and O–H groups in total. The Morgan fingerprint density at radius 2 is 1.87 bits per heavy atom. The van der Waals surface area contributed by atoms with Gasteiger partial charge in [0.1, 0.15) is 6.04 Å². The van der Waals surface area contributed by atoms with Crippen LogP contribution in [0, 0.1) is 6.92 Å². The number of benzene rings is 1. The first-order valence-electron chi connectivity index (χ1n) is 10.4. The fraction of sp³-hybridized carbons (Fsp3) is 0.524. The molecule has 1 fully saturated rings. The van der Waals surface area contributed by atoms with Crippen molar-refractivity contribution in [1.29, 1.82) is 0 Å². The van der Waals surface area contributed by atoms with Crippen molar-refractivity contribution in [3.8, 4) is 0 Å². The molecule has 2 aliphatic rings. The molecule has 30 heavy (non-hydrogen) atoms. The van der Waals surface area contributed by atoms with Gasteiger partial charge in [-0.05, 0) is 64.4 Å². The summed E-state index contributed by atoms with van der Waals surface area (Å²) in [7, 11) is -3.94. The lowest BCUT2D eigenvalue weighted by Gasteiger charge is -2.31. The standard InChI is InChI=1S/C21H30N4O4S/c1-17-6-8-18(9-7-17)30(28,29)25-15-11-23-21(27)19(25)16-20(26)22-10-2-3-12-24-13-4-5-14-24/h6-9,11,15,19H,2-5,10,12-14,16H2,1H3,(H,22,26)(H,23,27)/t19-/m1/s1. The van der Waals surface area contributed by atoms with Gasteiger partial charge in [-0.2, -0.15) is 0 Å². The predicted octanol–water partition coefficient (Wildman–Crippen LogP) is 1.34. The lowest BCUT2D eigenvalue weighted by Crippen LogP contribution is -2.51. The first-order valence-corrected chi connectivity index (χ1v) is 11.9. The van der Waals surface area contributed by atoms with E-state index in [1.807, 2.05) is 6.92 Å². The number of hydrogen-bond acceptors (Lipinski definition) is 5. The van der Waals surface area contributed by atoms with Crippen molar-refractivity contribution in [2.45, 2.75) is 50.0 Å². The van der Waals surface area contributed by atoms with Gasteiger partial charge in [-0.1, -0.05) is 17.7 Å². The summed E-state index contributed by atoms with van der Waals surface area (Å²) in [6.07, 6.45) is 6.72. The molecule has 0 bridgehead atoms. The largest absolute Gasteiger partial charge is 0.356 e.